The van der Waals surface area contributed by atoms with E-state index in [1.807, 2.05) is 4.90 Å². The average Bonchev–Trinajstić information content (AvgIpc) is 3.38. The summed E-state index contributed by atoms with van der Waals surface area (Å²) < 4.78 is 5.02. The van der Waals surface area contributed by atoms with Crippen molar-refractivity contribution in [3.63, 3.8) is 0 Å². The van der Waals surface area contributed by atoms with Gasteiger partial charge in [-0.25, -0.2) is 0 Å². The first kappa shape index (κ1) is 17.5. The third-order valence-corrected chi connectivity index (χ3v) is 5.86. The summed E-state index contributed by atoms with van der Waals surface area (Å²) in [4.78, 5) is 29.2. The van der Waals surface area contributed by atoms with Crippen molar-refractivity contribution in [2.75, 3.05) is 26.2 Å². The Bertz CT molecular complexity index is 661. The molecule has 0 radical (unpaired) electrons. The van der Waals surface area contributed by atoms with Gasteiger partial charge in [0.2, 0.25) is 5.91 Å². The van der Waals surface area contributed by atoms with Crippen LogP contribution in [0.2, 0.25) is 0 Å². The van der Waals surface area contributed by atoms with Crippen LogP contribution in [0.1, 0.15) is 54.8 Å². The number of likely N-dealkylation sites (tertiary alicyclic amines) is 2. The molecule has 1 unspecified atom stereocenters. The largest absolute Gasteiger partial charge is 0.361 e. The van der Waals surface area contributed by atoms with Gasteiger partial charge in [-0.15, -0.1) is 0 Å². The van der Waals surface area contributed by atoms with Crippen LogP contribution in [0, 0.1) is 12.8 Å². The Morgan fingerprint density at radius 1 is 1.15 bits per heavy atom. The Morgan fingerprint density at radius 3 is 2.58 bits per heavy atom. The minimum atomic E-state index is -0.0411. The van der Waals surface area contributed by atoms with Gasteiger partial charge in [0.05, 0.1) is 5.92 Å². The van der Waals surface area contributed by atoms with Crippen LogP contribution in [0.3, 0.4) is 0 Å². The van der Waals surface area contributed by atoms with Gasteiger partial charge in [0.1, 0.15) is 5.76 Å². The number of carbonyl (C=O) groups excluding carboxylic acids is 2. The summed E-state index contributed by atoms with van der Waals surface area (Å²) in [7, 11) is 0. The summed E-state index contributed by atoms with van der Waals surface area (Å²) in [6.07, 6.45) is 6.27. The van der Waals surface area contributed by atoms with Crippen molar-refractivity contribution in [2.45, 2.75) is 57.5 Å². The monoisotopic (exact) mass is 360 g/mol. The molecule has 142 valence electrons. The van der Waals surface area contributed by atoms with E-state index in [9.17, 15) is 9.59 Å². The van der Waals surface area contributed by atoms with Crippen LogP contribution in [0.5, 0.6) is 0 Å². The topological polar surface area (TPSA) is 78.7 Å². The lowest BCUT2D eigenvalue weighted by Gasteiger charge is -2.41. The smallest absolute Gasteiger partial charge is 0.276 e. The molecule has 3 aliphatic rings. The summed E-state index contributed by atoms with van der Waals surface area (Å²) in [5, 5.41) is 6.99. The molecule has 3 fully saturated rings. The van der Waals surface area contributed by atoms with Gasteiger partial charge in [-0.1, -0.05) is 5.16 Å². The van der Waals surface area contributed by atoms with E-state index >= 15 is 0 Å². The van der Waals surface area contributed by atoms with Crippen molar-refractivity contribution in [1.82, 2.24) is 20.3 Å². The van der Waals surface area contributed by atoms with E-state index in [4.69, 9.17) is 4.52 Å². The molecule has 0 bridgehead atoms. The SMILES string of the molecule is Cc1cc(C(=O)N2CCC(N3CCCC(C(=O)NC4CC4)C3)CC2)no1. The molecule has 1 aliphatic carbocycles. The van der Waals surface area contributed by atoms with Gasteiger partial charge in [-0.2, -0.15) is 0 Å². The third kappa shape index (κ3) is 3.92. The van der Waals surface area contributed by atoms with Gasteiger partial charge in [0, 0.05) is 37.8 Å². The fourth-order valence-electron chi connectivity index (χ4n) is 4.16. The number of nitrogens with one attached hydrogen (secondary N) is 1. The highest BCUT2D eigenvalue weighted by molar-refractivity contribution is 5.92. The average molecular weight is 360 g/mol. The summed E-state index contributed by atoms with van der Waals surface area (Å²) in [5.41, 5.74) is 0.399. The van der Waals surface area contributed by atoms with Crippen molar-refractivity contribution in [1.29, 1.82) is 0 Å². The Morgan fingerprint density at radius 2 is 1.92 bits per heavy atom. The fraction of sp³-hybridized carbons (Fsp3) is 0.737. The number of nitrogens with zero attached hydrogens (tertiary/aromatic N) is 3. The van der Waals surface area contributed by atoms with Gasteiger partial charge in [-0.05, 0) is 52.0 Å². The number of rotatable bonds is 4. The molecule has 1 N–H and O–H groups in total. The maximum Gasteiger partial charge on any atom is 0.276 e. The van der Waals surface area contributed by atoms with Crippen molar-refractivity contribution in [3.8, 4) is 0 Å². The van der Waals surface area contributed by atoms with Crippen molar-refractivity contribution < 1.29 is 14.1 Å². The molecule has 26 heavy (non-hydrogen) atoms. The van der Waals surface area contributed by atoms with Crippen molar-refractivity contribution in [3.05, 3.63) is 17.5 Å². The highest BCUT2D eigenvalue weighted by Gasteiger charge is 2.34. The zero-order valence-electron chi connectivity index (χ0n) is 15.4. The van der Waals surface area contributed by atoms with Gasteiger partial charge >= 0.3 is 0 Å². The van der Waals surface area contributed by atoms with E-state index in [-0.39, 0.29) is 17.7 Å². The molecule has 3 heterocycles. The number of amides is 2. The minimum Gasteiger partial charge on any atom is -0.361 e. The summed E-state index contributed by atoms with van der Waals surface area (Å²) in [6.45, 7) is 5.20. The van der Waals surface area contributed by atoms with E-state index in [2.05, 4.69) is 15.4 Å². The van der Waals surface area contributed by atoms with Gasteiger partial charge in [0.25, 0.3) is 5.91 Å². The van der Waals surface area contributed by atoms with Crippen molar-refractivity contribution in [2.24, 2.45) is 5.92 Å². The lowest BCUT2D eigenvalue weighted by atomic mass is 9.93. The lowest BCUT2D eigenvalue weighted by molar-refractivity contribution is -0.127. The van der Waals surface area contributed by atoms with E-state index in [0.717, 1.165) is 64.7 Å². The Balaban J connectivity index is 1.28. The van der Waals surface area contributed by atoms with Gasteiger partial charge in [-0.3, -0.25) is 14.5 Å². The van der Waals surface area contributed by atoms with Crippen LogP contribution in [0.25, 0.3) is 0 Å². The molecule has 2 aliphatic heterocycles. The van der Waals surface area contributed by atoms with Crippen LogP contribution in [-0.2, 0) is 4.79 Å². The van der Waals surface area contributed by atoms with E-state index in [1.54, 1.807) is 13.0 Å². The molecule has 1 aromatic heterocycles. The second-order valence-electron chi connectivity index (χ2n) is 7.96. The molecule has 0 aromatic carbocycles. The molecule has 2 amide bonds. The van der Waals surface area contributed by atoms with E-state index < -0.39 is 0 Å². The van der Waals surface area contributed by atoms with Crippen LogP contribution in [-0.4, -0.2) is 65.0 Å². The minimum absolute atomic E-state index is 0.0411. The Hall–Kier alpha value is -1.89. The predicted molar refractivity (Wildman–Crippen MR) is 95.6 cm³/mol. The zero-order chi connectivity index (χ0) is 18.1. The predicted octanol–water partition coefficient (Wildman–Crippen LogP) is 1.58. The highest BCUT2D eigenvalue weighted by Crippen LogP contribution is 2.26. The van der Waals surface area contributed by atoms with Gasteiger partial charge < -0.3 is 14.7 Å². The number of hydrogen-bond donors (Lipinski definition) is 1. The van der Waals surface area contributed by atoms with Crippen molar-refractivity contribution >= 4 is 11.8 Å². The summed E-state index contributed by atoms with van der Waals surface area (Å²) in [6, 6.07) is 2.60. The van der Waals surface area contributed by atoms with Crippen LogP contribution in [0.15, 0.2) is 10.6 Å². The first-order valence-electron chi connectivity index (χ1n) is 9.87. The standard InChI is InChI=1S/C19H28N4O3/c1-13-11-17(21-26-13)19(25)22-9-6-16(7-10-22)23-8-2-3-14(12-23)18(24)20-15-4-5-15/h11,14-16H,2-10,12H2,1H3,(H,20,24). The Kier molecular flexibility index (Phi) is 4.98. The maximum atomic E-state index is 12.5. The lowest BCUT2D eigenvalue weighted by Crippen LogP contribution is -2.51. The number of hydrogen-bond acceptors (Lipinski definition) is 5. The van der Waals surface area contributed by atoms with Crippen LogP contribution >= 0.6 is 0 Å². The molecule has 2 saturated heterocycles. The normalized spacial score (nSPS) is 25.3. The second kappa shape index (κ2) is 7.39. The molecular formula is C19H28N4O3. The van der Waals surface area contributed by atoms with E-state index in [1.165, 1.54) is 0 Å². The van der Waals surface area contributed by atoms with Crippen LogP contribution in [0.4, 0.5) is 0 Å². The molecule has 7 nitrogen and oxygen atoms in total. The molecule has 7 heteroatoms. The second-order valence-corrected chi connectivity index (χ2v) is 7.96. The molecule has 1 saturated carbocycles. The maximum absolute atomic E-state index is 12.5. The van der Waals surface area contributed by atoms with Crippen LogP contribution < -0.4 is 5.32 Å². The molecule has 1 aromatic rings. The molecule has 1 atom stereocenters. The summed E-state index contributed by atoms with van der Waals surface area (Å²) in [5.74, 6) is 0.987. The molecule has 4 rings (SSSR count). The number of aryl methyl sites for hydroxylation is 1. The highest BCUT2D eigenvalue weighted by atomic mass is 16.5. The third-order valence-electron chi connectivity index (χ3n) is 5.86. The Labute approximate surface area is 154 Å². The quantitative estimate of drug-likeness (QED) is 0.882. The first-order valence-corrected chi connectivity index (χ1v) is 9.87. The number of piperidine rings is 2. The number of aromatic nitrogens is 1. The number of carbonyl (C=O) groups is 2. The fourth-order valence-corrected chi connectivity index (χ4v) is 4.16. The van der Waals surface area contributed by atoms with Gasteiger partial charge in [0.15, 0.2) is 5.69 Å². The van der Waals surface area contributed by atoms with E-state index in [0.29, 0.717) is 23.5 Å². The first-order chi connectivity index (χ1) is 12.6. The molecular weight excluding hydrogens is 332 g/mol. The molecule has 0 spiro atoms. The summed E-state index contributed by atoms with van der Waals surface area (Å²) >= 11 is 0. The zero-order valence-corrected chi connectivity index (χ0v) is 15.4.